The Morgan fingerprint density at radius 2 is 1.95 bits per heavy atom. The van der Waals surface area contributed by atoms with Crippen molar-refractivity contribution in [1.82, 2.24) is 24.6 Å². The highest BCUT2D eigenvalue weighted by molar-refractivity contribution is 5.96. The molecule has 3 aromatic heterocycles. The standard InChI is InChI=1S/C28H32N6O3/c1-19(2)33-14-15-34-21(10-6-7-12-29-27-22-17-31-32-23(22)11-13-30-27)16-24(35)26(25(34)28(33)36)37-18-20-8-4-3-5-9-20/h3-5,8-9,11,13,16-17,19H,6-7,10,12,14-15,18H2,1-2H3,(H,29,30)(H,31,32). The number of carbonyl (C=O) groups is 1. The molecule has 0 bridgehead atoms. The third-order valence-corrected chi connectivity index (χ3v) is 6.75. The number of benzene rings is 1. The smallest absolute Gasteiger partial charge is 0.274 e. The van der Waals surface area contributed by atoms with Gasteiger partial charge >= 0.3 is 0 Å². The van der Waals surface area contributed by atoms with Crippen LogP contribution in [0.3, 0.4) is 0 Å². The number of fused-ring (bicyclic) bond motifs is 2. The number of unbranched alkanes of at least 4 members (excludes halogenated alkanes) is 1. The lowest BCUT2D eigenvalue weighted by Gasteiger charge is -2.35. The van der Waals surface area contributed by atoms with Crippen LogP contribution < -0.4 is 15.5 Å². The number of rotatable bonds is 10. The molecular formula is C28H32N6O3. The number of nitrogens with one attached hydrogen (secondary N) is 2. The summed E-state index contributed by atoms with van der Waals surface area (Å²) in [5.41, 5.74) is 2.89. The van der Waals surface area contributed by atoms with Gasteiger partial charge in [0.15, 0.2) is 11.4 Å². The van der Waals surface area contributed by atoms with Crippen LogP contribution >= 0.6 is 0 Å². The summed E-state index contributed by atoms with van der Waals surface area (Å²) in [6.07, 6.45) is 5.96. The molecule has 4 heterocycles. The Balaban J connectivity index is 1.31. The number of H-pyrrole nitrogens is 1. The Morgan fingerprint density at radius 3 is 2.76 bits per heavy atom. The summed E-state index contributed by atoms with van der Waals surface area (Å²) in [5, 5.41) is 11.4. The lowest BCUT2D eigenvalue weighted by Crippen LogP contribution is -2.46. The molecule has 0 radical (unpaired) electrons. The third kappa shape index (κ3) is 5.21. The van der Waals surface area contributed by atoms with Crippen LogP contribution in [-0.4, -0.2) is 49.7 Å². The molecule has 0 atom stereocenters. The number of carbonyl (C=O) groups excluding carboxylic acids is 1. The van der Waals surface area contributed by atoms with Crippen LogP contribution in [-0.2, 0) is 19.6 Å². The van der Waals surface area contributed by atoms with E-state index in [0.29, 0.717) is 25.2 Å². The third-order valence-electron chi connectivity index (χ3n) is 6.75. The van der Waals surface area contributed by atoms with Crippen molar-refractivity contribution in [3.05, 3.63) is 82.0 Å². The van der Waals surface area contributed by atoms with Gasteiger partial charge in [-0.15, -0.1) is 0 Å². The summed E-state index contributed by atoms with van der Waals surface area (Å²) in [6.45, 7) is 6.21. The van der Waals surface area contributed by atoms with E-state index in [4.69, 9.17) is 4.74 Å². The predicted octanol–water partition coefficient (Wildman–Crippen LogP) is 4.00. The van der Waals surface area contributed by atoms with E-state index in [0.717, 1.165) is 47.4 Å². The topological polar surface area (TPSA) is 105 Å². The Morgan fingerprint density at radius 1 is 1.11 bits per heavy atom. The van der Waals surface area contributed by atoms with Gasteiger partial charge in [-0.1, -0.05) is 30.3 Å². The molecule has 0 spiro atoms. The number of aryl methyl sites for hydroxylation is 1. The average Bonchev–Trinajstić information content (AvgIpc) is 3.38. The molecule has 5 rings (SSSR count). The average molecular weight is 501 g/mol. The van der Waals surface area contributed by atoms with E-state index in [2.05, 4.69) is 20.5 Å². The second kappa shape index (κ2) is 10.9. The van der Waals surface area contributed by atoms with Gasteiger partial charge in [-0.25, -0.2) is 4.98 Å². The van der Waals surface area contributed by atoms with Crippen molar-refractivity contribution >= 4 is 22.6 Å². The normalized spacial score (nSPS) is 13.3. The fourth-order valence-electron chi connectivity index (χ4n) is 4.81. The van der Waals surface area contributed by atoms with Gasteiger partial charge in [0.2, 0.25) is 5.43 Å². The second-order valence-electron chi connectivity index (χ2n) is 9.57. The molecule has 0 saturated carbocycles. The van der Waals surface area contributed by atoms with Crippen molar-refractivity contribution < 1.29 is 9.53 Å². The van der Waals surface area contributed by atoms with Crippen molar-refractivity contribution in [2.24, 2.45) is 0 Å². The fraction of sp³-hybridized carbons (Fsp3) is 0.357. The number of amides is 1. The van der Waals surface area contributed by atoms with E-state index in [1.54, 1.807) is 23.4 Å². The van der Waals surface area contributed by atoms with E-state index in [1.165, 1.54) is 0 Å². The summed E-state index contributed by atoms with van der Waals surface area (Å²) in [5.74, 6) is 0.798. The van der Waals surface area contributed by atoms with Gasteiger partial charge in [-0.05, 0) is 44.7 Å². The Labute approximate surface area is 215 Å². The van der Waals surface area contributed by atoms with Crippen LogP contribution in [0.4, 0.5) is 5.82 Å². The SMILES string of the molecule is CC(C)N1CCn2c(CCCCNc3nccc4[nH]ncc34)cc(=O)c(OCc3ccccc3)c2C1=O. The minimum Gasteiger partial charge on any atom is -0.483 e. The molecule has 0 fully saturated rings. The Kier molecular flexibility index (Phi) is 7.20. The number of anilines is 1. The molecule has 1 amide bonds. The van der Waals surface area contributed by atoms with Crippen LogP contribution in [0.5, 0.6) is 5.75 Å². The van der Waals surface area contributed by atoms with Crippen molar-refractivity contribution in [2.45, 2.75) is 52.3 Å². The summed E-state index contributed by atoms with van der Waals surface area (Å²) < 4.78 is 7.98. The number of aromatic nitrogens is 4. The number of aromatic amines is 1. The van der Waals surface area contributed by atoms with Crippen LogP contribution in [0.15, 0.2) is 59.7 Å². The molecule has 1 aliphatic heterocycles. The van der Waals surface area contributed by atoms with Gasteiger partial charge in [0.25, 0.3) is 5.91 Å². The zero-order valence-electron chi connectivity index (χ0n) is 21.2. The molecule has 4 aromatic rings. The Bertz CT molecular complexity index is 1440. The maximum absolute atomic E-state index is 13.5. The first-order valence-electron chi connectivity index (χ1n) is 12.8. The number of nitrogens with zero attached hydrogens (tertiary/aromatic N) is 4. The van der Waals surface area contributed by atoms with Crippen molar-refractivity contribution in [3.8, 4) is 5.75 Å². The van der Waals surface area contributed by atoms with Gasteiger partial charge in [0, 0.05) is 43.6 Å². The van der Waals surface area contributed by atoms with Crippen LogP contribution in [0.1, 0.15) is 48.4 Å². The first-order chi connectivity index (χ1) is 18.0. The molecule has 9 heteroatoms. The number of pyridine rings is 2. The largest absolute Gasteiger partial charge is 0.483 e. The monoisotopic (exact) mass is 500 g/mol. The number of hydrogen-bond acceptors (Lipinski definition) is 6. The highest BCUT2D eigenvalue weighted by atomic mass is 16.5. The van der Waals surface area contributed by atoms with Crippen LogP contribution in [0.25, 0.3) is 10.9 Å². The molecule has 0 aliphatic carbocycles. The highest BCUT2D eigenvalue weighted by Gasteiger charge is 2.32. The predicted molar refractivity (Wildman–Crippen MR) is 143 cm³/mol. The highest BCUT2D eigenvalue weighted by Crippen LogP contribution is 2.25. The molecule has 2 N–H and O–H groups in total. The quantitative estimate of drug-likeness (QED) is 0.319. The van der Waals surface area contributed by atoms with Crippen LogP contribution in [0, 0.1) is 0 Å². The van der Waals surface area contributed by atoms with E-state index in [-0.39, 0.29) is 29.7 Å². The van der Waals surface area contributed by atoms with Crippen LogP contribution in [0.2, 0.25) is 0 Å². The van der Waals surface area contributed by atoms with Gasteiger partial charge in [-0.3, -0.25) is 14.7 Å². The van der Waals surface area contributed by atoms with E-state index in [1.807, 2.05) is 54.8 Å². The lowest BCUT2D eigenvalue weighted by atomic mass is 10.1. The lowest BCUT2D eigenvalue weighted by molar-refractivity contribution is 0.0636. The first kappa shape index (κ1) is 24.5. The Hall–Kier alpha value is -4.14. The van der Waals surface area contributed by atoms with Gasteiger partial charge < -0.3 is 19.5 Å². The molecule has 9 nitrogen and oxygen atoms in total. The molecule has 0 unspecified atom stereocenters. The minimum absolute atomic E-state index is 0.0429. The number of hydrogen-bond donors (Lipinski definition) is 2. The summed E-state index contributed by atoms with van der Waals surface area (Å²) in [6, 6.07) is 13.2. The summed E-state index contributed by atoms with van der Waals surface area (Å²) in [4.78, 5) is 32.9. The maximum Gasteiger partial charge on any atom is 0.274 e. The summed E-state index contributed by atoms with van der Waals surface area (Å²) in [7, 11) is 0. The zero-order valence-corrected chi connectivity index (χ0v) is 21.2. The first-order valence-corrected chi connectivity index (χ1v) is 12.8. The van der Waals surface area contributed by atoms with Crippen molar-refractivity contribution in [2.75, 3.05) is 18.4 Å². The molecule has 192 valence electrons. The van der Waals surface area contributed by atoms with Crippen molar-refractivity contribution in [3.63, 3.8) is 0 Å². The fourth-order valence-corrected chi connectivity index (χ4v) is 4.81. The summed E-state index contributed by atoms with van der Waals surface area (Å²) >= 11 is 0. The maximum atomic E-state index is 13.5. The zero-order chi connectivity index (χ0) is 25.8. The minimum atomic E-state index is -0.245. The van der Waals surface area contributed by atoms with Crippen molar-refractivity contribution in [1.29, 1.82) is 0 Å². The van der Waals surface area contributed by atoms with Gasteiger partial charge in [0.1, 0.15) is 12.4 Å². The number of ether oxygens (including phenoxy) is 1. The molecule has 1 aromatic carbocycles. The molecule has 0 saturated heterocycles. The van der Waals surface area contributed by atoms with E-state index < -0.39 is 0 Å². The second-order valence-corrected chi connectivity index (χ2v) is 9.57. The van der Waals surface area contributed by atoms with E-state index in [9.17, 15) is 9.59 Å². The van der Waals surface area contributed by atoms with Gasteiger partial charge in [-0.2, -0.15) is 5.10 Å². The molecular weight excluding hydrogens is 468 g/mol. The van der Waals surface area contributed by atoms with Gasteiger partial charge in [0.05, 0.1) is 17.1 Å². The molecule has 1 aliphatic rings. The van der Waals surface area contributed by atoms with E-state index >= 15 is 0 Å². The molecule has 37 heavy (non-hydrogen) atoms.